The molecule has 1 heterocycles. The molecule has 0 saturated carbocycles. The molecule has 0 aliphatic carbocycles. The fourth-order valence-electron chi connectivity index (χ4n) is 1.93. The van der Waals surface area contributed by atoms with Crippen LogP contribution >= 0.6 is 0 Å². The monoisotopic (exact) mass is 271 g/mol. The fraction of sp³-hybridized carbons (Fsp3) is 0.333. The van der Waals surface area contributed by atoms with Gasteiger partial charge in [0.1, 0.15) is 5.84 Å². The maximum atomic E-state index is 12.2. The normalized spacial score (nSPS) is 18.7. The molecule has 0 spiro atoms. The van der Waals surface area contributed by atoms with Crippen molar-refractivity contribution in [1.82, 2.24) is 10.7 Å². The van der Waals surface area contributed by atoms with Gasteiger partial charge in [0.2, 0.25) is 0 Å². The van der Waals surface area contributed by atoms with E-state index in [-0.39, 0.29) is 11.8 Å². The number of aryl methyl sites for hydroxylation is 1. The van der Waals surface area contributed by atoms with Crippen LogP contribution in [0.1, 0.15) is 17.0 Å². The number of hydrazone groups is 1. The summed E-state index contributed by atoms with van der Waals surface area (Å²) in [4.78, 5) is 10.9. The van der Waals surface area contributed by atoms with Crippen LogP contribution in [0.4, 0.5) is 13.2 Å². The number of hydrogen-bond donors (Lipinski definition) is 2. The Morgan fingerprint density at radius 1 is 1.42 bits per heavy atom. The lowest BCUT2D eigenvalue weighted by Crippen LogP contribution is -2.42. The molecule has 0 saturated heterocycles. The summed E-state index contributed by atoms with van der Waals surface area (Å²) in [5.74, 6) is -2.39. The lowest BCUT2D eigenvalue weighted by atomic mass is 9.94. The summed E-state index contributed by atoms with van der Waals surface area (Å²) in [5, 5.41) is 5.54. The highest BCUT2D eigenvalue weighted by molar-refractivity contribution is 6.04. The molecule has 0 radical (unpaired) electrons. The Morgan fingerprint density at radius 3 is 2.74 bits per heavy atom. The van der Waals surface area contributed by atoms with E-state index in [4.69, 9.17) is 0 Å². The topological polar surface area (TPSA) is 53.5 Å². The first kappa shape index (κ1) is 13.4. The van der Waals surface area contributed by atoms with E-state index < -0.39 is 12.1 Å². The zero-order valence-electron chi connectivity index (χ0n) is 10.1. The third kappa shape index (κ3) is 2.86. The number of nitrogens with zero attached hydrogens (tertiary/aromatic N) is 1. The van der Waals surface area contributed by atoms with Crippen molar-refractivity contribution < 1.29 is 18.0 Å². The molecule has 1 unspecified atom stereocenters. The summed E-state index contributed by atoms with van der Waals surface area (Å²) in [6.07, 6.45) is -4.92. The van der Waals surface area contributed by atoms with Gasteiger partial charge in [-0.1, -0.05) is 24.3 Å². The van der Waals surface area contributed by atoms with Crippen molar-refractivity contribution in [3.63, 3.8) is 0 Å². The highest BCUT2D eigenvalue weighted by Crippen LogP contribution is 2.23. The van der Waals surface area contributed by atoms with E-state index in [0.29, 0.717) is 6.54 Å². The van der Waals surface area contributed by atoms with E-state index in [1.807, 2.05) is 30.4 Å². The van der Waals surface area contributed by atoms with Crippen molar-refractivity contribution in [3.8, 4) is 0 Å². The van der Waals surface area contributed by atoms with E-state index in [1.165, 1.54) is 0 Å². The molecule has 4 nitrogen and oxygen atoms in total. The zero-order valence-corrected chi connectivity index (χ0v) is 10.1. The summed E-state index contributed by atoms with van der Waals surface area (Å²) < 4.78 is 36.7. The van der Waals surface area contributed by atoms with E-state index in [1.54, 1.807) is 6.07 Å². The van der Waals surface area contributed by atoms with Crippen LogP contribution in [-0.4, -0.2) is 24.5 Å². The minimum Gasteiger partial charge on any atom is -0.307 e. The number of alkyl halides is 3. The third-order valence-electron chi connectivity index (χ3n) is 2.89. The molecule has 1 aliphatic rings. The standard InChI is InChI=1S/C12H12F3N3O/c1-7-4-2-3-5-8(7)9-6-16-18-10(9)17-11(19)12(13,14)15/h2-5,9,16H,6H2,1H3,(H,17,18,19). The van der Waals surface area contributed by atoms with E-state index in [0.717, 1.165) is 11.1 Å². The van der Waals surface area contributed by atoms with Crippen molar-refractivity contribution >= 4 is 11.7 Å². The first-order valence-corrected chi connectivity index (χ1v) is 5.63. The second-order valence-corrected chi connectivity index (χ2v) is 4.22. The predicted molar refractivity (Wildman–Crippen MR) is 63.6 cm³/mol. The number of halogens is 3. The molecule has 0 aromatic heterocycles. The lowest BCUT2D eigenvalue weighted by molar-refractivity contribution is -0.171. The molecule has 2 N–H and O–H groups in total. The number of amidine groups is 1. The molecule has 1 atom stereocenters. The Bertz CT molecular complexity index is 525. The summed E-state index contributed by atoms with van der Waals surface area (Å²) >= 11 is 0. The number of carbonyl (C=O) groups excluding carboxylic acids is 1. The first-order valence-electron chi connectivity index (χ1n) is 5.63. The van der Waals surface area contributed by atoms with Crippen molar-refractivity contribution in [2.45, 2.75) is 19.0 Å². The SMILES string of the molecule is Cc1ccccc1C1CNN=C1NC(=O)C(F)(F)F. The third-order valence-corrected chi connectivity index (χ3v) is 2.89. The number of carbonyl (C=O) groups is 1. The average Bonchev–Trinajstić information content (AvgIpc) is 2.76. The van der Waals surface area contributed by atoms with Gasteiger partial charge in [0.05, 0.1) is 5.92 Å². The molecule has 102 valence electrons. The van der Waals surface area contributed by atoms with Gasteiger partial charge < -0.3 is 10.7 Å². The lowest BCUT2D eigenvalue weighted by Gasteiger charge is -2.16. The summed E-state index contributed by atoms with van der Waals surface area (Å²) in [7, 11) is 0. The molecule has 7 heteroatoms. The van der Waals surface area contributed by atoms with E-state index >= 15 is 0 Å². The minimum atomic E-state index is -4.92. The minimum absolute atomic E-state index is 0.00312. The number of rotatable bonds is 1. The van der Waals surface area contributed by atoms with Crippen LogP contribution < -0.4 is 10.7 Å². The summed E-state index contributed by atoms with van der Waals surface area (Å²) in [5.41, 5.74) is 4.39. The maximum absolute atomic E-state index is 12.2. The molecule has 19 heavy (non-hydrogen) atoms. The van der Waals surface area contributed by atoms with Gasteiger partial charge in [-0.2, -0.15) is 18.3 Å². The average molecular weight is 271 g/mol. The van der Waals surface area contributed by atoms with Gasteiger partial charge in [-0.15, -0.1) is 0 Å². The van der Waals surface area contributed by atoms with E-state index in [9.17, 15) is 18.0 Å². The highest BCUT2D eigenvalue weighted by Gasteiger charge is 2.41. The Morgan fingerprint density at radius 2 is 2.11 bits per heavy atom. The fourth-order valence-corrected chi connectivity index (χ4v) is 1.93. The highest BCUT2D eigenvalue weighted by atomic mass is 19.4. The number of amides is 1. The molecule has 2 rings (SSSR count). The molecular weight excluding hydrogens is 259 g/mol. The predicted octanol–water partition coefficient (Wildman–Crippen LogP) is 1.67. The molecule has 1 aliphatic heterocycles. The quantitative estimate of drug-likeness (QED) is 0.816. The Hall–Kier alpha value is -2.05. The molecular formula is C12H12F3N3O. The van der Waals surface area contributed by atoms with Crippen molar-refractivity contribution in [3.05, 3.63) is 35.4 Å². The number of hydrogen-bond acceptors (Lipinski definition) is 3. The summed E-state index contributed by atoms with van der Waals surface area (Å²) in [6, 6.07) is 7.30. The Labute approximate surface area is 107 Å². The molecule has 0 bridgehead atoms. The van der Waals surface area contributed by atoms with Crippen LogP contribution in [-0.2, 0) is 4.79 Å². The van der Waals surface area contributed by atoms with E-state index in [2.05, 4.69) is 10.5 Å². The van der Waals surface area contributed by atoms with Crippen molar-refractivity contribution in [1.29, 1.82) is 0 Å². The Kier molecular flexibility index (Phi) is 3.46. The van der Waals surface area contributed by atoms with Gasteiger partial charge in [-0.05, 0) is 18.1 Å². The van der Waals surface area contributed by atoms with Crippen LogP contribution in [0.25, 0.3) is 0 Å². The molecule has 0 fully saturated rings. The van der Waals surface area contributed by atoms with Gasteiger partial charge in [0.25, 0.3) is 0 Å². The van der Waals surface area contributed by atoms with Gasteiger partial charge in [0.15, 0.2) is 0 Å². The first-order chi connectivity index (χ1) is 8.89. The van der Waals surface area contributed by atoms with Crippen molar-refractivity contribution in [2.24, 2.45) is 5.10 Å². The molecule has 1 aromatic carbocycles. The number of benzene rings is 1. The summed E-state index contributed by atoms with van der Waals surface area (Å²) in [6.45, 7) is 2.22. The maximum Gasteiger partial charge on any atom is 0.471 e. The van der Waals surface area contributed by atoms with Crippen LogP contribution in [0, 0.1) is 6.92 Å². The van der Waals surface area contributed by atoms with Crippen LogP contribution in [0.2, 0.25) is 0 Å². The molecule has 1 amide bonds. The second kappa shape index (κ2) is 4.91. The van der Waals surface area contributed by atoms with Crippen molar-refractivity contribution in [2.75, 3.05) is 6.54 Å². The van der Waals surface area contributed by atoms with Gasteiger partial charge in [0, 0.05) is 6.54 Å². The van der Waals surface area contributed by atoms with Crippen LogP contribution in [0.15, 0.2) is 29.4 Å². The smallest absolute Gasteiger partial charge is 0.307 e. The van der Waals surface area contributed by atoms with Gasteiger partial charge in [-0.3, -0.25) is 4.79 Å². The largest absolute Gasteiger partial charge is 0.471 e. The van der Waals surface area contributed by atoms with Gasteiger partial charge >= 0.3 is 12.1 Å². The zero-order chi connectivity index (χ0) is 14.0. The second-order valence-electron chi connectivity index (χ2n) is 4.22. The van der Waals surface area contributed by atoms with Crippen LogP contribution in [0.3, 0.4) is 0 Å². The van der Waals surface area contributed by atoms with Gasteiger partial charge in [-0.25, -0.2) is 0 Å². The molecule has 1 aromatic rings. The Balaban J connectivity index is 2.19. The number of nitrogens with one attached hydrogen (secondary N) is 2. The van der Waals surface area contributed by atoms with Crippen LogP contribution in [0.5, 0.6) is 0 Å².